The van der Waals surface area contributed by atoms with Crippen molar-refractivity contribution in [3.8, 4) is 0 Å². The van der Waals surface area contributed by atoms with E-state index < -0.39 is 0 Å². The van der Waals surface area contributed by atoms with Crippen molar-refractivity contribution in [2.75, 3.05) is 33.2 Å². The van der Waals surface area contributed by atoms with E-state index in [2.05, 4.69) is 24.2 Å². The lowest BCUT2D eigenvalue weighted by Crippen LogP contribution is -2.28. The molecular weight excluding hydrogens is 232 g/mol. The summed E-state index contributed by atoms with van der Waals surface area (Å²) >= 11 is 0. The van der Waals surface area contributed by atoms with Crippen molar-refractivity contribution in [1.29, 1.82) is 0 Å². The average molecular weight is 268 g/mol. The average Bonchev–Trinajstić information content (AvgIpc) is 2.43. The summed E-state index contributed by atoms with van der Waals surface area (Å²) in [7, 11) is 2.32. The van der Waals surface area contributed by atoms with Crippen molar-refractivity contribution in [1.82, 2.24) is 10.2 Å². The van der Waals surface area contributed by atoms with Gasteiger partial charge in [0, 0.05) is 6.54 Å². The molecule has 114 valence electrons. The molecule has 0 unspecified atom stereocenters. The first-order chi connectivity index (χ1) is 9.33. The number of nitrogens with zero attached hydrogens (tertiary/aromatic N) is 1. The van der Waals surface area contributed by atoms with Crippen LogP contribution in [0.25, 0.3) is 0 Å². The number of rotatable bonds is 11. The van der Waals surface area contributed by atoms with Crippen LogP contribution in [0, 0.1) is 5.92 Å². The quantitative estimate of drug-likeness (QED) is 0.569. The maximum absolute atomic E-state index is 3.48. The first-order valence-electron chi connectivity index (χ1n) is 8.72. The standard InChI is InChI=1S/C17H36N2/c1-3-13-18-14-9-4-5-10-15-19(2)16-17-11-7-6-8-12-17/h17-18H,3-16H2,1-2H3. The highest BCUT2D eigenvalue weighted by Gasteiger charge is 2.14. The molecule has 0 atom stereocenters. The lowest BCUT2D eigenvalue weighted by molar-refractivity contribution is 0.230. The van der Waals surface area contributed by atoms with Crippen molar-refractivity contribution < 1.29 is 0 Å². The van der Waals surface area contributed by atoms with Crippen LogP contribution >= 0.6 is 0 Å². The zero-order valence-electron chi connectivity index (χ0n) is 13.4. The summed E-state index contributed by atoms with van der Waals surface area (Å²) in [6.07, 6.45) is 14.2. The van der Waals surface area contributed by atoms with Crippen molar-refractivity contribution in [3.63, 3.8) is 0 Å². The van der Waals surface area contributed by atoms with E-state index in [0.29, 0.717) is 0 Å². The molecule has 1 fully saturated rings. The number of unbranched alkanes of at least 4 members (excludes halogenated alkanes) is 3. The van der Waals surface area contributed by atoms with E-state index in [4.69, 9.17) is 0 Å². The zero-order valence-corrected chi connectivity index (χ0v) is 13.4. The van der Waals surface area contributed by atoms with Gasteiger partial charge in [-0.2, -0.15) is 0 Å². The highest BCUT2D eigenvalue weighted by molar-refractivity contribution is 4.68. The van der Waals surface area contributed by atoms with Crippen molar-refractivity contribution in [3.05, 3.63) is 0 Å². The molecule has 0 spiro atoms. The van der Waals surface area contributed by atoms with Gasteiger partial charge < -0.3 is 10.2 Å². The fourth-order valence-corrected chi connectivity index (χ4v) is 3.19. The van der Waals surface area contributed by atoms with Gasteiger partial charge in [0.05, 0.1) is 0 Å². The van der Waals surface area contributed by atoms with Gasteiger partial charge >= 0.3 is 0 Å². The summed E-state index contributed by atoms with van der Waals surface area (Å²) in [6, 6.07) is 0. The van der Waals surface area contributed by atoms with Gasteiger partial charge in [-0.05, 0) is 64.7 Å². The molecule has 1 aliphatic rings. The Morgan fingerprint density at radius 1 is 0.947 bits per heavy atom. The first-order valence-corrected chi connectivity index (χ1v) is 8.72. The number of hydrogen-bond acceptors (Lipinski definition) is 2. The van der Waals surface area contributed by atoms with E-state index in [9.17, 15) is 0 Å². The van der Waals surface area contributed by atoms with Crippen molar-refractivity contribution in [2.45, 2.75) is 71.1 Å². The summed E-state index contributed by atoms with van der Waals surface area (Å²) in [6.45, 7) is 7.28. The second-order valence-corrected chi connectivity index (χ2v) is 6.43. The molecule has 0 radical (unpaired) electrons. The van der Waals surface area contributed by atoms with Crippen LogP contribution in [-0.2, 0) is 0 Å². The van der Waals surface area contributed by atoms with Crippen LogP contribution in [0.5, 0.6) is 0 Å². The third-order valence-corrected chi connectivity index (χ3v) is 4.36. The topological polar surface area (TPSA) is 15.3 Å². The predicted molar refractivity (Wildman–Crippen MR) is 85.7 cm³/mol. The fraction of sp³-hybridized carbons (Fsp3) is 1.00. The molecule has 2 heteroatoms. The molecule has 0 bridgehead atoms. The van der Waals surface area contributed by atoms with Crippen LogP contribution in [0.2, 0.25) is 0 Å². The largest absolute Gasteiger partial charge is 0.317 e. The molecule has 0 aromatic carbocycles. The van der Waals surface area contributed by atoms with Gasteiger partial charge in [0.25, 0.3) is 0 Å². The van der Waals surface area contributed by atoms with Crippen LogP contribution in [-0.4, -0.2) is 38.1 Å². The molecule has 1 saturated carbocycles. The van der Waals surface area contributed by atoms with Crippen molar-refractivity contribution in [2.24, 2.45) is 5.92 Å². The summed E-state index contributed by atoms with van der Waals surface area (Å²) in [5.41, 5.74) is 0. The van der Waals surface area contributed by atoms with E-state index in [1.807, 2.05) is 0 Å². The van der Waals surface area contributed by atoms with Crippen LogP contribution in [0.1, 0.15) is 71.1 Å². The van der Waals surface area contributed by atoms with Gasteiger partial charge in [0.2, 0.25) is 0 Å². The Kier molecular flexibility index (Phi) is 10.5. The molecule has 1 rings (SSSR count). The van der Waals surface area contributed by atoms with Crippen LogP contribution in [0.4, 0.5) is 0 Å². The zero-order chi connectivity index (χ0) is 13.8. The lowest BCUT2D eigenvalue weighted by atomic mass is 9.89. The molecule has 1 aliphatic carbocycles. The maximum atomic E-state index is 3.48. The Hall–Kier alpha value is -0.0800. The van der Waals surface area contributed by atoms with Crippen LogP contribution in [0.3, 0.4) is 0 Å². The van der Waals surface area contributed by atoms with Crippen molar-refractivity contribution >= 4 is 0 Å². The third kappa shape index (κ3) is 9.45. The van der Waals surface area contributed by atoms with Gasteiger partial charge in [-0.1, -0.05) is 39.0 Å². The molecule has 2 nitrogen and oxygen atoms in total. The molecular formula is C17H36N2. The molecule has 0 amide bonds. The Balaban J connectivity index is 1.85. The highest BCUT2D eigenvalue weighted by atomic mass is 15.1. The molecule has 0 heterocycles. The Bertz CT molecular complexity index is 188. The highest BCUT2D eigenvalue weighted by Crippen LogP contribution is 2.24. The second-order valence-electron chi connectivity index (χ2n) is 6.43. The minimum Gasteiger partial charge on any atom is -0.317 e. The Morgan fingerprint density at radius 3 is 2.42 bits per heavy atom. The minimum absolute atomic E-state index is 0.997. The fourth-order valence-electron chi connectivity index (χ4n) is 3.19. The number of hydrogen-bond donors (Lipinski definition) is 1. The predicted octanol–water partition coefficient (Wildman–Crippen LogP) is 4.06. The summed E-state index contributed by atoms with van der Waals surface area (Å²) in [4.78, 5) is 2.57. The van der Waals surface area contributed by atoms with E-state index in [0.717, 1.165) is 5.92 Å². The molecule has 0 aliphatic heterocycles. The van der Waals surface area contributed by atoms with Gasteiger partial charge in [-0.15, -0.1) is 0 Å². The van der Waals surface area contributed by atoms with E-state index in [-0.39, 0.29) is 0 Å². The van der Waals surface area contributed by atoms with Crippen LogP contribution in [0.15, 0.2) is 0 Å². The molecule has 0 saturated heterocycles. The number of nitrogens with one attached hydrogen (secondary N) is 1. The lowest BCUT2D eigenvalue weighted by Gasteiger charge is -2.26. The third-order valence-electron chi connectivity index (χ3n) is 4.36. The second kappa shape index (κ2) is 11.7. The summed E-state index contributed by atoms with van der Waals surface area (Å²) < 4.78 is 0. The van der Waals surface area contributed by atoms with E-state index in [1.54, 1.807) is 0 Å². The SMILES string of the molecule is CCCNCCCCCCN(C)CC1CCCCC1. The summed E-state index contributed by atoms with van der Waals surface area (Å²) in [5.74, 6) is 0.997. The van der Waals surface area contributed by atoms with E-state index >= 15 is 0 Å². The molecule has 1 N–H and O–H groups in total. The maximum Gasteiger partial charge on any atom is 0.000661 e. The molecule has 0 aromatic rings. The van der Waals surface area contributed by atoms with Gasteiger partial charge in [-0.25, -0.2) is 0 Å². The van der Waals surface area contributed by atoms with Gasteiger partial charge in [0.15, 0.2) is 0 Å². The molecule has 19 heavy (non-hydrogen) atoms. The smallest absolute Gasteiger partial charge is 0.000661 e. The normalized spacial score (nSPS) is 17.2. The first kappa shape index (κ1) is 17.0. The van der Waals surface area contributed by atoms with Gasteiger partial charge in [-0.3, -0.25) is 0 Å². The Morgan fingerprint density at radius 2 is 1.68 bits per heavy atom. The van der Waals surface area contributed by atoms with Gasteiger partial charge in [0.1, 0.15) is 0 Å². The minimum atomic E-state index is 0.997. The summed E-state index contributed by atoms with van der Waals surface area (Å²) in [5, 5.41) is 3.48. The molecule has 0 aromatic heterocycles. The van der Waals surface area contributed by atoms with E-state index in [1.165, 1.54) is 90.4 Å². The van der Waals surface area contributed by atoms with Crippen LogP contribution < -0.4 is 5.32 Å². The monoisotopic (exact) mass is 268 g/mol. The Labute approximate surface area is 121 Å².